The maximum Gasteiger partial charge on any atom is 0.269 e. The number of nitro benzene ring substituents is 1. The first-order chi connectivity index (χ1) is 12.6. The summed E-state index contributed by atoms with van der Waals surface area (Å²) in [5.74, 6) is 1.42. The number of halogens is 1. The molecule has 0 radical (unpaired) electrons. The van der Waals surface area contributed by atoms with E-state index in [0.717, 1.165) is 16.9 Å². The second-order valence-electron chi connectivity index (χ2n) is 5.41. The molecule has 2 rings (SSSR count). The van der Waals surface area contributed by atoms with E-state index in [4.69, 9.17) is 4.74 Å². The summed E-state index contributed by atoms with van der Waals surface area (Å²) < 4.78 is 5.64. The Hall–Kier alpha value is -2.62. The van der Waals surface area contributed by atoms with Crippen LogP contribution in [-0.2, 0) is 13.1 Å². The predicted octanol–water partition coefficient (Wildman–Crippen LogP) is 3.64. The molecule has 0 aromatic heterocycles. The average molecular weight is 482 g/mol. The van der Waals surface area contributed by atoms with Gasteiger partial charge in [-0.3, -0.25) is 15.1 Å². The SMILES string of the molecule is C=CCOc1ccccc1CNC(=NC)NCc1ccc([N+](=O)[O-])cc1.I. The monoisotopic (exact) mass is 482 g/mol. The van der Waals surface area contributed by atoms with Gasteiger partial charge in [0.15, 0.2) is 5.96 Å². The van der Waals surface area contributed by atoms with E-state index in [1.165, 1.54) is 12.1 Å². The van der Waals surface area contributed by atoms with Crippen LogP contribution >= 0.6 is 24.0 Å². The van der Waals surface area contributed by atoms with Crippen LogP contribution in [-0.4, -0.2) is 24.5 Å². The van der Waals surface area contributed by atoms with Gasteiger partial charge in [-0.05, 0) is 11.6 Å². The van der Waals surface area contributed by atoms with Crippen LogP contribution in [0.2, 0.25) is 0 Å². The van der Waals surface area contributed by atoms with Gasteiger partial charge in [0.2, 0.25) is 0 Å². The molecule has 0 amide bonds. The third kappa shape index (κ3) is 7.26. The molecule has 0 heterocycles. The van der Waals surface area contributed by atoms with Crippen molar-refractivity contribution >= 4 is 35.6 Å². The minimum absolute atomic E-state index is 0. The molecule has 0 saturated heterocycles. The highest BCUT2D eigenvalue weighted by atomic mass is 127. The molecule has 0 fully saturated rings. The molecule has 0 unspecified atom stereocenters. The summed E-state index contributed by atoms with van der Waals surface area (Å²) >= 11 is 0. The van der Waals surface area contributed by atoms with Gasteiger partial charge in [0.1, 0.15) is 12.4 Å². The van der Waals surface area contributed by atoms with Crippen molar-refractivity contribution < 1.29 is 9.66 Å². The molecule has 2 aromatic carbocycles. The summed E-state index contributed by atoms with van der Waals surface area (Å²) in [6.07, 6.45) is 1.70. The largest absolute Gasteiger partial charge is 0.489 e. The Morgan fingerprint density at radius 3 is 2.48 bits per heavy atom. The molecule has 8 heteroatoms. The third-order valence-corrected chi connectivity index (χ3v) is 3.61. The van der Waals surface area contributed by atoms with Gasteiger partial charge in [0, 0.05) is 37.8 Å². The van der Waals surface area contributed by atoms with E-state index in [-0.39, 0.29) is 29.7 Å². The number of para-hydroxylation sites is 1. The van der Waals surface area contributed by atoms with E-state index in [9.17, 15) is 10.1 Å². The summed E-state index contributed by atoms with van der Waals surface area (Å²) in [4.78, 5) is 14.5. The lowest BCUT2D eigenvalue weighted by Crippen LogP contribution is -2.36. The number of aliphatic imine (C=N–C) groups is 1. The highest BCUT2D eigenvalue weighted by Crippen LogP contribution is 2.17. The molecule has 144 valence electrons. The minimum atomic E-state index is -0.413. The van der Waals surface area contributed by atoms with E-state index in [1.54, 1.807) is 25.3 Å². The van der Waals surface area contributed by atoms with Crippen molar-refractivity contribution in [3.63, 3.8) is 0 Å². The number of nitro groups is 1. The van der Waals surface area contributed by atoms with Crippen molar-refractivity contribution in [1.29, 1.82) is 0 Å². The second kappa shape index (κ2) is 11.9. The zero-order valence-electron chi connectivity index (χ0n) is 15.1. The number of nitrogens with zero attached hydrogens (tertiary/aromatic N) is 2. The second-order valence-corrected chi connectivity index (χ2v) is 5.41. The molecule has 0 saturated carbocycles. The molecule has 0 aliphatic heterocycles. The zero-order valence-corrected chi connectivity index (χ0v) is 17.4. The van der Waals surface area contributed by atoms with Crippen LogP contribution in [0.1, 0.15) is 11.1 Å². The Bertz CT molecular complexity index is 779. The highest BCUT2D eigenvalue weighted by Gasteiger charge is 2.06. The van der Waals surface area contributed by atoms with Gasteiger partial charge in [-0.15, -0.1) is 24.0 Å². The predicted molar refractivity (Wildman–Crippen MR) is 118 cm³/mol. The maximum absolute atomic E-state index is 10.7. The van der Waals surface area contributed by atoms with Crippen LogP contribution in [0.15, 0.2) is 66.2 Å². The Labute approximate surface area is 175 Å². The number of benzene rings is 2. The van der Waals surface area contributed by atoms with Gasteiger partial charge >= 0.3 is 0 Å². The van der Waals surface area contributed by atoms with Gasteiger partial charge in [0.25, 0.3) is 5.69 Å². The number of guanidine groups is 1. The Morgan fingerprint density at radius 1 is 1.19 bits per heavy atom. The first kappa shape index (κ1) is 22.4. The normalized spacial score (nSPS) is 10.5. The van der Waals surface area contributed by atoms with Crippen molar-refractivity contribution in [2.45, 2.75) is 13.1 Å². The number of non-ortho nitro benzene ring substituents is 1. The van der Waals surface area contributed by atoms with Crippen molar-refractivity contribution in [3.05, 3.63) is 82.4 Å². The van der Waals surface area contributed by atoms with E-state index < -0.39 is 4.92 Å². The lowest BCUT2D eigenvalue weighted by molar-refractivity contribution is -0.384. The molecule has 27 heavy (non-hydrogen) atoms. The van der Waals surface area contributed by atoms with Crippen LogP contribution in [0.3, 0.4) is 0 Å². The van der Waals surface area contributed by atoms with Gasteiger partial charge in [-0.1, -0.05) is 43.0 Å². The Balaban J connectivity index is 0.00000364. The van der Waals surface area contributed by atoms with E-state index in [1.807, 2.05) is 24.3 Å². The van der Waals surface area contributed by atoms with Crippen LogP contribution in [0.5, 0.6) is 5.75 Å². The molecule has 0 aliphatic rings. The summed E-state index contributed by atoms with van der Waals surface area (Å²) in [5, 5.41) is 17.1. The van der Waals surface area contributed by atoms with Crippen molar-refractivity contribution in [3.8, 4) is 5.75 Å². The zero-order chi connectivity index (χ0) is 18.8. The number of rotatable bonds is 8. The topological polar surface area (TPSA) is 88.8 Å². The maximum atomic E-state index is 10.7. The van der Waals surface area contributed by atoms with Gasteiger partial charge in [-0.2, -0.15) is 0 Å². The minimum Gasteiger partial charge on any atom is -0.489 e. The molecule has 2 N–H and O–H groups in total. The molecule has 0 bridgehead atoms. The van der Waals surface area contributed by atoms with Crippen LogP contribution in [0.4, 0.5) is 5.69 Å². The molecule has 0 atom stereocenters. The van der Waals surface area contributed by atoms with Crippen molar-refractivity contribution in [1.82, 2.24) is 10.6 Å². The Kier molecular flexibility index (Phi) is 9.88. The van der Waals surface area contributed by atoms with E-state index in [0.29, 0.717) is 25.7 Å². The smallest absolute Gasteiger partial charge is 0.269 e. The van der Waals surface area contributed by atoms with Gasteiger partial charge < -0.3 is 15.4 Å². The fraction of sp³-hybridized carbons (Fsp3) is 0.211. The van der Waals surface area contributed by atoms with Gasteiger partial charge in [0.05, 0.1) is 4.92 Å². The summed E-state index contributed by atoms with van der Waals surface area (Å²) in [6, 6.07) is 14.2. The third-order valence-electron chi connectivity index (χ3n) is 3.61. The fourth-order valence-corrected chi connectivity index (χ4v) is 2.26. The van der Waals surface area contributed by atoms with Gasteiger partial charge in [-0.25, -0.2) is 0 Å². The lowest BCUT2D eigenvalue weighted by atomic mass is 10.2. The molecule has 7 nitrogen and oxygen atoms in total. The number of ether oxygens (including phenoxy) is 1. The number of nitrogens with one attached hydrogen (secondary N) is 2. The first-order valence-corrected chi connectivity index (χ1v) is 8.13. The summed E-state index contributed by atoms with van der Waals surface area (Å²) in [6.45, 7) is 5.16. The standard InChI is InChI=1S/C19H22N4O3.HI/c1-3-12-26-18-7-5-4-6-16(18)14-22-19(20-2)21-13-15-8-10-17(11-9-15)23(24)25;/h3-11H,1,12-14H2,2H3,(H2,20,21,22);1H. The number of hydrogen-bond donors (Lipinski definition) is 2. The van der Waals surface area contributed by atoms with Crippen LogP contribution in [0.25, 0.3) is 0 Å². The molecule has 0 aliphatic carbocycles. The lowest BCUT2D eigenvalue weighted by Gasteiger charge is -2.14. The molecular formula is C19H23IN4O3. The van der Waals surface area contributed by atoms with Crippen molar-refractivity contribution in [2.75, 3.05) is 13.7 Å². The van der Waals surface area contributed by atoms with Crippen LogP contribution in [0, 0.1) is 10.1 Å². The average Bonchev–Trinajstić information content (AvgIpc) is 2.67. The summed E-state index contributed by atoms with van der Waals surface area (Å²) in [7, 11) is 1.69. The Morgan fingerprint density at radius 2 is 1.85 bits per heavy atom. The molecular weight excluding hydrogens is 459 g/mol. The number of hydrogen-bond acceptors (Lipinski definition) is 4. The van der Waals surface area contributed by atoms with E-state index >= 15 is 0 Å². The highest BCUT2D eigenvalue weighted by molar-refractivity contribution is 14.0. The first-order valence-electron chi connectivity index (χ1n) is 8.13. The summed E-state index contributed by atoms with van der Waals surface area (Å²) in [5.41, 5.74) is 2.01. The van der Waals surface area contributed by atoms with Crippen LogP contribution < -0.4 is 15.4 Å². The molecule has 0 spiro atoms. The quantitative estimate of drug-likeness (QED) is 0.150. The van der Waals surface area contributed by atoms with Crippen molar-refractivity contribution in [2.24, 2.45) is 4.99 Å². The fourth-order valence-electron chi connectivity index (χ4n) is 2.26. The molecule has 2 aromatic rings. The van der Waals surface area contributed by atoms with E-state index in [2.05, 4.69) is 22.2 Å².